The third-order valence-corrected chi connectivity index (χ3v) is 3.47. The highest BCUT2D eigenvalue weighted by atomic mass is 16.4. The topological polar surface area (TPSA) is 95.0 Å². The number of aromatic nitrogens is 1. The normalized spacial score (nSPS) is 14.5. The molecular weight excluding hydrogens is 244 g/mol. The summed E-state index contributed by atoms with van der Waals surface area (Å²) in [7, 11) is 0. The van der Waals surface area contributed by atoms with E-state index >= 15 is 0 Å². The van der Waals surface area contributed by atoms with E-state index in [4.69, 9.17) is 16.0 Å². The monoisotopic (exact) mass is 264 g/mol. The molecule has 1 aromatic heterocycles. The number of fused-ring (bicyclic) bond motifs is 1. The van der Waals surface area contributed by atoms with Gasteiger partial charge in [0.05, 0.1) is 12.2 Å². The number of aliphatic hydroxyl groups excluding tert-OH is 1. The van der Waals surface area contributed by atoms with Gasteiger partial charge < -0.3 is 20.9 Å². The van der Waals surface area contributed by atoms with Crippen molar-refractivity contribution in [3.63, 3.8) is 0 Å². The second-order valence-electron chi connectivity index (χ2n) is 4.61. The van der Waals surface area contributed by atoms with Crippen molar-refractivity contribution in [2.45, 2.75) is 26.2 Å². The van der Waals surface area contributed by atoms with Crippen LogP contribution < -0.4 is 10.6 Å². The number of hydrogen-bond donors (Lipinski definition) is 3. The Morgan fingerprint density at radius 1 is 1.53 bits per heavy atom. The molecule has 0 bridgehead atoms. The molecule has 0 radical (unpaired) electrons. The van der Waals surface area contributed by atoms with E-state index in [1.807, 2.05) is 17.9 Å². The van der Waals surface area contributed by atoms with Crippen molar-refractivity contribution >= 4 is 11.7 Å². The molecule has 1 aliphatic rings. The molecule has 1 aliphatic carbocycles. The van der Waals surface area contributed by atoms with Crippen molar-refractivity contribution in [1.29, 1.82) is 0 Å². The van der Waals surface area contributed by atoms with Gasteiger partial charge in [0.25, 0.3) is 0 Å². The molecule has 0 fully saturated rings. The van der Waals surface area contributed by atoms with Crippen LogP contribution in [0, 0.1) is 0 Å². The molecule has 0 saturated carbocycles. The summed E-state index contributed by atoms with van der Waals surface area (Å²) in [4.78, 5) is 6.59. The third-order valence-electron chi connectivity index (χ3n) is 3.47. The molecule has 1 heterocycles. The highest BCUT2D eigenvalue weighted by Gasteiger charge is 2.21. The fraction of sp³-hybridized carbons (Fsp3) is 0.538. The Bertz CT molecular complexity index is 488. The molecule has 19 heavy (non-hydrogen) atoms. The lowest BCUT2D eigenvalue weighted by molar-refractivity contribution is 0.302. The van der Waals surface area contributed by atoms with Crippen molar-refractivity contribution in [2.24, 2.45) is 10.9 Å². The summed E-state index contributed by atoms with van der Waals surface area (Å²) in [6.07, 6.45) is 3.05. The lowest BCUT2D eigenvalue weighted by atomic mass is 10.1. The molecule has 0 atom stereocenters. The molecule has 0 spiro atoms. The number of amidine groups is 1. The van der Waals surface area contributed by atoms with Crippen LogP contribution in [0.2, 0.25) is 0 Å². The summed E-state index contributed by atoms with van der Waals surface area (Å²) in [6, 6.07) is 1.96. The average molecular weight is 264 g/mol. The zero-order chi connectivity index (χ0) is 13.8. The maximum absolute atomic E-state index is 9.13. The van der Waals surface area contributed by atoms with Crippen molar-refractivity contribution < 1.29 is 10.3 Å². The van der Waals surface area contributed by atoms with Crippen LogP contribution in [0.3, 0.4) is 0 Å². The van der Waals surface area contributed by atoms with E-state index in [-0.39, 0.29) is 12.4 Å². The Morgan fingerprint density at radius 3 is 2.95 bits per heavy atom. The first kappa shape index (κ1) is 13.6. The lowest BCUT2D eigenvalue weighted by Crippen LogP contribution is -2.30. The number of aryl methyl sites for hydroxylation is 2. The molecule has 0 aromatic carbocycles. The van der Waals surface area contributed by atoms with Gasteiger partial charge in [-0.25, -0.2) is 4.98 Å². The second-order valence-corrected chi connectivity index (χ2v) is 4.61. The third kappa shape index (κ3) is 2.63. The summed E-state index contributed by atoms with van der Waals surface area (Å²) in [6.45, 7) is 3.22. The van der Waals surface area contributed by atoms with Crippen molar-refractivity contribution in [3.05, 3.63) is 22.9 Å². The van der Waals surface area contributed by atoms with E-state index in [9.17, 15) is 0 Å². The van der Waals surface area contributed by atoms with E-state index in [0.29, 0.717) is 24.5 Å². The van der Waals surface area contributed by atoms with Gasteiger partial charge in [0, 0.05) is 18.8 Å². The Labute approximate surface area is 112 Å². The number of rotatable bonds is 5. The summed E-state index contributed by atoms with van der Waals surface area (Å²) >= 11 is 0. The van der Waals surface area contributed by atoms with E-state index in [1.165, 1.54) is 5.56 Å². The number of oxime groups is 1. The van der Waals surface area contributed by atoms with Crippen LogP contribution in [0.5, 0.6) is 0 Å². The molecule has 6 heteroatoms. The Morgan fingerprint density at radius 2 is 2.32 bits per heavy atom. The molecule has 0 unspecified atom stereocenters. The highest BCUT2D eigenvalue weighted by Crippen LogP contribution is 2.27. The van der Waals surface area contributed by atoms with E-state index in [2.05, 4.69) is 10.1 Å². The van der Waals surface area contributed by atoms with Gasteiger partial charge in [-0.1, -0.05) is 5.16 Å². The number of nitrogens with zero attached hydrogens (tertiary/aromatic N) is 3. The Hall–Kier alpha value is -1.82. The van der Waals surface area contributed by atoms with E-state index < -0.39 is 0 Å². The number of hydrogen-bond acceptors (Lipinski definition) is 5. The summed E-state index contributed by atoms with van der Waals surface area (Å²) < 4.78 is 0. The van der Waals surface area contributed by atoms with Crippen LogP contribution in [0.4, 0.5) is 5.82 Å². The fourth-order valence-electron chi connectivity index (χ4n) is 2.48. The van der Waals surface area contributed by atoms with E-state index in [0.717, 1.165) is 25.0 Å². The van der Waals surface area contributed by atoms with Crippen LogP contribution >= 0.6 is 0 Å². The van der Waals surface area contributed by atoms with Crippen LogP contribution in [0.1, 0.15) is 30.2 Å². The molecule has 0 saturated heterocycles. The number of anilines is 1. The van der Waals surface area contributed by atoms with Crippen molar-refractivity contribution in [3.8, 4) is 0 Å². The van der Waals surface area contributed by atoms with Gasteiger partial charge in [0.15, 0.2) is 5.84 Å². The van der Waals surface area contributed by atoms with Gasteiger partial charge in [-0.2, -0.15) is 0 Å². The van der Waals surface area contributed by atoms with Crippen molar-refractivity contribution in [1.82, 2.24) is 4.98 Å². The zero-order valence-corrected chi connectivity index (χ0v) is 11.1. The maximum Gasteiger partial charge on any atom is 0.173 e. The lowest BCUT2D eigenvalue weighted by Gasteiger charge is -2.24. The predicted octanol–water partition coefficient (Wildman–Crippen LogP) is 0.483. The number of nitrogens with two attached hydrogens (primary N) is 1. The molecule has 104 valence electrons. The van der Waals surface area contributed by atoms with Crippen LogP contribution in [-0.2, 0) is 12.8 Å². The molecule has 1 aromatic rings. The molecule has 2 rings (SSSR count). The van der Waals surface area contributed by atoms with Crippen LogP contribution in [0.15, 0.2) is 11.2 Å². The van der Waals surface area contributed by atoms with Gasteiger partial charge in [0.1, 0.15) is 5.82 Å². The quantitative estimate of drug-likeness (QED) is 0.311. The van der Waals surface area contributed by atoms with Crippen LogP contribution in [0.25, 0.3) is 0 Å². The van der Waals surface area contributed by atoms with Crippen LogP contribution in [-0.4, -0.2) is 40.8 Å². The minimum atomic E-state index is 0.0439. The maximum atomic E-state index is 9.13. The molecule has 4 N–H and O–H groups in total. The van der Waals surface area contributed by atoms with E-state index in [1.54, 1.807) is 0 Å². The minimum Gasteiger partial charge on any atom is -0.409 e. The first-order valence-corrected chi connectivity index (χ1v) is 6.57. The van der Waals surface area contributed by atoms with Gasteiger partial charge in [-0.05, 0) is 37.8 Å². The summed E-state index contributed by atoms with van der Waals surface area (Å²) in [5.74, 6) is 0.751. The summed E-state index contributed by atoms with van der Waals surface area (Å²) in [5.41, 5.74) is 8.64. The number of pyridine rings is 1. The molecular formula is C13H20N4O2. The van der Waals surface area contributed by atoms with Gasteiger partial charge in [0.2, 0.25) is 0 Å². The fourth-order valence-corrected chi connectivity index (χ4v) is 2.48. The Kier molecular flexibility index (Phi) is 4.21. The number of likely N-dealkylation sites (N-methyl/N-ethyl adjacent to an activating group) is 1. The smallest absolute Gasteiger partial charge is 0.173 e. The van der Waals surface area contributed by atoms with Crippen molar-refractivity contribution in [2.75, 3.05) is 24.6 Å². The standard InChI is InChI=1S/C13H20N4O2/c1-2-17(6-7-18)13-10(12(14)16-19)8-9-4-3-5-11(9)15-13/h8,18-19H,2-7H2,1H3,(H2,14,16). The average Bonchev–Trinajstić information content (AvgIpc) is 2.89. The van der Waals surface area contributed by atoms with Gasteiger partial charge >= 0.3 is 0 Å². The minimum absolute atomic E-state index is 0.0439. The largest absolute Gasteiger partial charge is 0.409 e. The summed E-state index contributed by atoms with van der Waals surface area (Å²) in [5, 5.41) is 21.1. The molecule has 6 nitrogen and oxygen atoms in total. The number of aliphatic hydroxyl groups is 1. The predicted molar refractivity (Wildman–Crippen MR) is 73.7 cm³/mol. The van der Waals surface area contributed by atoms with Gasteiger partial charge in [-0.15, -0.1) is 0 Å². The first-order valence-electron chi connectivity index (χ1n) is 6.57. The first-order chi connectivity index (χ1) is 9.21. The zero-order valence-electron chi connectivity index (χ0n) is 11.1. The second kappa shape index (κ2) is 5.88. The SMILES string of the molecule is CCN(CCO)c1nc2c(cc1C(N)=NO)CCC2. The van der Waals surface area contributed by atoms with Gasteiger partial charge in [-0.3, -0.25) is 0 Å². The molecule has 0 amide bonds. The highest BCUT2D eigenvalue weighted by molar-refractivity contribution is 6.01. The molecule has 0 aliphatic heterocycles. The Balaban J connectivity index is 2.50.